The number of ether oxygens (including phenoxy) is 2. The summed E-state index contributed by atoms with van der Waals surface area (Å²) in [6.45, 7) is 1.42. The Balaban J connectivity index is 1.33. The Hall–Kier alpha value is -3.28. The number of hydrogen-bond donors (Lipinski definition) is 1. The Bertz CT molecular complexity index is 1200. The summed E-state index contributed by atoms with van der Waals surface area (Å²) >= 11 is 0. The molecule has 1 fully saturated rings. The lowest BCUT2D eigenvalue weighted by Crippen LogP contribution is -2.40. The third-order valence-electron chi connectivity index (χ3n) is 5.13. The number of aromatic nitrogens is 2. The van der Waals surface area contributed by atoms with Crippen molar-refractivity contribution in [2.24, 2.45) is 0 Å². The van der Waals surface area contributed by atoms with E-state index in [0.29, 0.717) is 55.0 Å². The highest BCUT2D eigenvalue weighted by molar-refractivity contribution is 7.89. The molecule has 0 unspecified atom stereocenters. The van der Waals surface area contributed by atoms with Gasteiger partial charge in [0.1, 0.15) is 5.75 Å². The fourth-order valence-electron chi connectivity index (χ4n) is 3.39. The second kappa shape index (κ2) is 10.1. The molecule has 0 spiro atoms. The highest BCUT2D eigenvalue weighted by Crippen LogP contribution is 2.27. The molecule has 4 rings (SSSR count). The largest absolute Gasteiger partial charge is 0.496 e. The van der Waals surface area contributed by atoms with Gasteiger partial charge in [0.2, 0.25) is 27.6 Å². The standard InChI is InChI=1S/C22H24N4O6S/c1-30-19-5-3-2-4-18(19)22-24-21(32-25-22)11-10-20(27)23-16-6-8-17(9-7-16)33(28,29)26-12-14-31-15-13-26/h2-9H,10-15H2,1H3,(H,23,27). The maximum Gasteiger partial charge on any atom is 0.243 e. The fraction of sp³-hybridized carbons (Fsp3) is 0.318. The first kappa shape index (κ1) is 22.9. The summed E-state index contributed by atoms with van der Waals surface area (Å²) < 4.78 is 42.5. The number of nitrogens with one attached hydrogen (secondary N) is 1. The second-order valence-corrected chi connectivity index (χ2v) is 9.24. The number of sulfonamides is 1. The molecule has 10 nitrogen and oxygen atoms in total. The van der Waals surface area contributed by atoms with Crippen LogP contribution in [-0.2, 0) is 26.0 Å². The molecule has 33 heavy (non-hydrogen) atoms. The first-order valence-corrected chi connectivity index (χ1v) is 11.8. The summed E-state index contributed by atoms with van der Waals surface area (Å²) in [7, 11) is -2.01. The Morgan fingerprint density at radius 1 is 1.12 bits per heavy atom. The topological polar surface area (TPSA) is 124 Å². The van der Waals surface area contributed by atoms with Crippen LogP contribution in [0.4, 0.5) is 5.69 Å². The SMILES string of the molecule is COc1ccccc1-c1noc(CCC(=O)Nc2ccc(S(=O)(=O)N3CCOCC3)cc2)n1. The smallest absolute Gasteiger partial charge is 0.243 e. The van der Waals surface area contributed by atoms with Gasteiger partial charge in [-0.2, -0.15) is 9.29 Å². The number of anilines is 1. The number of para-hydroxylation sites is 1. The van der Waals surface area contributed by atoms with Crippen LogP contribution in [0.5, 0.6) is 5.75 Å². The van der Waals surface area contributed by atoms with E-state index in [9.17, 15) is 13.2 Å². The van der Waals surface area contributed by atoms with Crippen LogP contribution in [0.2, 0.25) is 0 Å². The molecule has 0 bridgehead atoms. The molecule has 11 heteroatoms. The van der Waals surface area contributed by atoms with Crippen LogP contribution in [0.1, 0.15) is 12.3 Å². The molecule has 0 aliphatic carbocycles. The van der Waals surface area contributed by atoms with Gasteiger partial charge in [-0.05, 0) is 36.4 Å². The molecule has 1 saturated heterocycles. The van der Waals surface area contributed by atoms with Gasteiger partial charge in [-0.25, -0.2) is 8.42 Å². The van der Waals surface area contributed by atoms with Crippen LogP contribution < -0.4 is 10.1 Å². The highest BCUT2D eigenvalue weighted by atomic mass is 32.2. The molecule has 3 aromatic rings. The third-order valence-corrected chi connectivity index (χ3v) is 7.04. The minimum Gasteiger partial charge on any atom is -0.496 e. The number of nitrogens with zero attached hydrogens (tertiary/aromatic N) is 3. The quantitative estimate of drug-likeness (QED) is 0.530. The monoisotopic (exact) mass is 472 g/mol. The van der Waals surface area contributed by atoms with Gasteiger partial charge in [-0.3, -0.25) is 4.79 Å². The lowest BCUT2D eigenvalue weighted by molar-refractivity contribution is -0.116. The van der Waals surface area contributed by atoms with Crippen molar-refractivity contribution in [2.75, 3.05) is 38.7 Å². The third kappa shape index (κ3) is 5.38. The summed E-state index contributed by atoms with van der Waals surface area (Å²) in [5, 5.41) is 6.71. The van der Waals surface area contributed by atoms with E-state index in [1.165, 1.54) is 16.4 Å². The molecule has 1 aliphatic heterocycles. The van der Waals surface area contributed by atoms with Crippen LogP contribution in [0.15, 0.2) is 57.9 Å². The van der Waals surface area contributed by atoms with Gasteiger partial charge < -0.3 is 19.3 Å². The molecule has 0 radical (unpaired) electrons. The molecule has 1 N–H and O–H groups in total. The van der Waals surface area contributed by atoms with E-state index in [1.807, 2.05) is 18.2 Å². The highest BCUT2D eigenvalue weighted by Gasteiger charge is 2.26. The first-order valence-electron chi connectivity index (χ1n) is 10.4. The number of benzene rings is 2. The van der Waals surface area contributed by atoms with Crippen LogP contribution >= 0.6 is 0 Å². The first-order chi connectivity index (χ1) is 16.0. The number of methoxy groups -OCH3 is 1. The maximum atomic E-state index is 12.7. The summed E-state index contributed by atoms with van der Waals surface area (Å²) in [6.07, 6.45) is 0.388. The zero-order chi connectivity index (χ0) is 23.3. The van der Waals surface area contributed by atoms with Crippen molar-refractivity contribution in [2.45, 2.75) is 17.7 Å². The minimum absolute atomic E-state index is 0.126. The van der Waals surface area contributed by atoms with Crippen molar-refractivity contribution >= 4 is 21.6 Å². The number of aryl methyl sites for hydroxylation is 1. The molecule has 2 aromatic carbocycles. The van der Waals surface area contributed by atoms with Crippen LogP contribution in [0.25, 0.3) is 11.4 Å². The van der Waals surface area contributed by atoms with Crippen LogP contribution in [0, 0.1) is 0 Å². The van der Waals surface area contributed by atoms with Crippen LogP contribution in [0.3, 0.4) is 0 Å². The second-order valence-electron chi connectivity index (χ2n) is 7.30. The predicted molar refractivity (Wildman–Crippen MR) is 119 cm³/mol. The Labute approximate surface area is 191 Å². The average molecular weight is 473 g/mol. The van der Waals surface area contributed by atoms with E-state index in [0.717, 1.165) is 0 Å². The average Bonchev–Trinajstić information content (AvgIpc) is 3.32. The summed E-state index contributed by atoms with van der Waals surface area (Å²) in [5.41, 5.74) is 1.20. The number of rotatable bonds is 8. The maximum absolute atomic E-state index is 12.7. The van der Waals surface area contributed by atoms with E-state index in [4.69, 9.17) is 14.0 Å². The molecule has 1 aliphatic rings. The van der Waals surface area contributed by atoms with Gasteiger partial charge in [0, 0.05) is 31.6 Å². The van der Waals surface area contributed by atoms with Gasteiger partial charge in [0.25, 0.3) is 0 Å². The molecule has 1 aromatic heterocycles. The van der Waals surface area contributed by atoms with Crippen molar-refractivity contribution < 1.29 is 27.2 Å². The minimum atomic E-state index is -3.58. The van der Waals surface area contributed by atoms with Gasteiger partial charge in [0.15, 0.2) is 0 Å². The van der Waals surface area contributed by atoms with E-state index in [2.05, 4.69) is 15.5 Å². The number of carbonyl (C=O) groups is 1. The molecular formula is C22H24N4O6S. The van der Waals surface area contributed by atoms with Gasteiger partial charge >= 0.3 is 0 Å². The predicted octanol–water partition coefficient (Wildman–Crippen LogP) is 2.34. The fourth-order valence-corrected chi connectivity index (χ4v) is 4.79. The van der Waals surface area contributed by atoms with E-state index in [1.54, 1.807) is 25.3 Å². The normalized spacial score (nSPS) is 14.7. The van der Waals surface area contributed by atoms with E-state index >= 15 is 0 Å². The lowest BCUT2D eigenvalue weighted by Gasteiger charge is -2.26. The van der Waals surface area contributed by atoms with E-state index < -0.39 is 10.0 Å². The summed E-state index contributed by atoms with van der Waals surface area (Å²) in [6, 6.07) is 13.4. The van der Waals surface area contributed by atoms with Crippen molar-refractivity contribution in [3.05, 3.63) is 54.4 Å². The zero-order valence-electron chi connectivity index (χ0n) is 18.1. The summed E-state index contributed by atoms with van der Waals surface area (Å²) in [4.78, 5) is 16.8. The van der Waals surface area contributed by atoms with Crippen molar-refractivity contribution in [3.8, 4) is 17.1 Å². The van der Waals surface area contributed by atoms with Crippen molar-refractivity contribution in [1.82, 2.24) is 14.4 Å². The lowest BCUT2D eigenvalue weighted by atomic mass is 10.2. The number of amides is 1. The molecule has 1 amide bonds. The van der Waals surface area contributed by atoms with Gasteiger partial charge in [-0.15, -0.1) is 0 Å². The van der Waals surface area contributed by atoms with Gasteiger partial charge in [-0.1, -0.05) is 17.3 Å². The Morgan fingerprint density at radius 3 is 2.58 bits per heavy atom. The Morgan fingerprint density at radius 2 is 1.85 bits per heavy atom. The zero-order valence-corrected chi connectivity index (χ0v) is 18.9. The van der Waals surface area contributed by atoms with Crippen molar-refractivity contribution in [3.63, 3.8) is 0 Å². The molecule has 0 atom stereocenters. The number of carbonyl (C=O) groups excluding carboxylic acids is 1. The number of morpholine rings is 1. The van der Waals surface area contributed by atoms with Gasteiger partial charge in [0.05, 0.1) is 30.8 Å². The molecular weight excluding hydrogens is 448 g/mol. The Kier molecular flexibility index (Phi) is 7.02. The number of hydrogen-bond acceptors (Lipinski definition) is 8. The van der Waals surface area contributed by atoms with Crippen molar-refractivity contribution in [1.29, 1.82) is 0 Å². The van der Waals surface area contributed by atoms with Crippen LogP contribution in [-0.4, -0.2) is 62.2 Å². The molecule has 0 saturated carbocycles. The molecule has 2 heterocycles. The molecule has 174 valence electrons. The van der Waals surface area contributed by atoms with E-state index in [-0.39, 0.29) is 23.6 Å². The summed E-state index contributed by atoms with van der Waals surface area (Å²) in [5.74, 6) is 1.09.